The molecule has 8 nitrogen and oxygen atoms in total. The van der Waals surface area contributed by atoms with E-state index < -0.39 is 34.8 Å². The van der Waals surface area contributed by atoms with Gasteiger partial charge in [-0.15, -0.1) is 11.3 Å². The smallest absolute Gasteiger partial charge is 0.371 e. The van der Waals surface area contributed by atoms with Crippen LogP contribution in [-0.4, -0.2) is 49.4 Å². The Kier molecular flexibility index (Phi) is 12.2. The summed E-state index contributed by atoms with van der Waals surface area (Å²) in [5.41, 5.74) is 1.34. The van der Waals surface area contributed by atoms with Gasteiger partial charge in [0.05, 0.1) is 26.5 Å². The summed E-state index contributed by atoms with van der Waals surface area (Å²) in [6.45, 7) is 3.48. The van der Waals surface area contributed by atoms with Crippen molar-refractivity contribution in [1.82, 2.24) is 4.98 Å². The van der Waals surface area contributed by atoms with Crippen LogP contribution in [0.15, 0.2) is 41.5 Å². The van der Waals surface area contributed by atoms with Gasteiger partial charge in [-0.25, -0.2) is 18.6 Å². The van der Waals surface area contributed by atoms with Crippen molar-refractivity contribution in [3.63, 3.8) is 0 Å². The number of methoxy groups -OCH3 is 2. The standard InChI is InChI=1S/C30H34F2N2O6S/c1-4-5-6-7-8-13-40-14-12-19-10-9-11-21(27(19)39-3)25-18-41-30(33-25)34-28(35)20-15-23(31)22(24(32)16-20)17-26(38-2)29(36)37/h9-11,15-18H,4-8,12-14H2,1-3H3,(H,36,37)(H,33,34,35). The number of hydrogen-bond donors (Lipinski definition) is 2. The summed E-state index contributed by atoms with van der Waals surface area (Å²) < 4.78 is 45.2. The molecule has 0 aliphatic rings. The van der Waals surface area contributed by atoms with E-state index in [4.69, 9.17) is 14.6 Å². The lowest BCUT2D eigenvalue weighted by atomic mass is 10.0. The number of carbonyl (C=O) groups excluding carboxylic acids is 1. The second-order valence-corrected chi connectivity index (χ2v) is 10.00. The van der Waals surface area contributed by atoms with Crippen LogP contribution in [0.25, 0.3) is 17.3 Å². The molecule has 0 unspecified atom stereocenters. The quantitative estimate of drug-likeness (QED) is 0.106. The van der Waals surface area contributed by atoms with Crippen molar-refractivity contribution in [2.75, 3.05) is 32.8 Å². The summed E-state index contributed by atoms with van der Waals surface area (Å²) in [5.74, 6) is -4.50. The van der Waals surface area contributed by atoms with E-state index in [0.717, 1.165) is 54.7 Å². The average molecular weight is 589 g/mol. The number of anilines is 1. The topological polar surface area (TPSA) is 107 Å². The largest absolute Gasteiger partial charge is 0.496 e. The Morgan fingerprint density at radius 1 is 1.07 bits per heavy atom. The average Bonchev–Trinajstić information content (AvgIpc) is 3.41. The number of nitrogens with one attached hydrogen (secondary N) is 1. The summed E-state index contributed by atoms with van der Waals surface area (Å²) in [5, 5.41) is 13.5. The first kappa shape index (κ1) is 31.7. The van der Waals surface area contributed by atoms with Crippen LogP contribution in [0.3, 0.4) is 0 Å². The monoisotopic (exact) mass is 588 g/mol. The number of rotatable bonds is 16. The molecule has 1 heterocycles. The molecule has 2 aromatic carbocycles. The SMILES string of the molecule is CCCCCCCOCCc1cccc(-c2csc(NC(=O)c3cc(F)c(C=C(OC)C(=O)O)c(F)c3)n2)c1OC. The molecule has 41 heavy (non-hydrogen) atoms. The van der Waals surface area contributed by atoms with Crippen molar-refractivity contribution in [1.29, 1.82) is 0 Å². The predicted molar refractivity (Wildman–Crippen MR) is 154 cm³/mol. The van der Waals surface area contributed by atoms with Crippen molar-refractivity contribution in [3.05, 3.63) is 69.8 Å². The molecular weight excluding hydrogens is 554 g/mol. The van der Waals surface area contributed by atoms with E-state index in [0.29, 0.717) is 30.5 Å². The van der Waals surface area contributed by atoms with Gasteiger partial charge in [0.25, 0.3) is 5.91 Å². The fourth-order valence-corrected chi connectivity index (χ4v) is 4.84. The molecule has 0 aliphatic heterocycles. The molecule has 0 bridgehead atoms. The minimum atomic E-state index is -1.49. The number of aliphatic carboxylic acids is 1. The first-order valence-electron chi connectivity index (χ1n) is 13.3. The lowest BCUT2D eigenvalue weighted by Gasteiger charge is -2.13. The summed E-state index contributed by atoms with van der Waals surface area (Å²) in [6, 6.07) is 7.35. The summed E-state index contributed by atoms with van der Waals surface area (Å²) in [4.78, 5) is 28.3. The van der Waals surface area contributed by atoms with E-state index in [1.807, 2.05) is 18.2 Å². The number of para-hydroxylation sites is 1. The minimum absolute atomic E-state index is 0.223. The Morgan fingerprint density at radius 2 is 1.80 bits per heavy atom. The number of amides is 1. The summed E-state index contributed by atoms with van der Waals surface area (Å²) in [6.07, 6.45) is 7.29. The van der Waals surface area contributed by atoms with Gasteiger partial charge in [-0.05, 0) is 36.6 Å². The number of hydrogen-bond acceptors (Lipinski definition) is 7. The van der Waals surface area contributed by atoms with Gasteiger partial charge in [0.2, 0.25) is 5.76 Å². The van der Waals surface area contributed by atoms with Crippen LogP contribution in [-0.2, 0) is 20.7 Å². The Morgan fingerprint density at radius 3 is 2.46 bits per heavy atom. The van der Waals surface area contributed by atoms with E-state index in [1.165, 1.54) is 25.7 Å². The van der Waals surface area contributed by atoms with Crippen molar-refractivity contribution in [2.24, 2.45) is 0 Å². The van der Waals surface area contributed by atoms with Gasteiger partial charge < -0.3 is 19.3 Å². The van der Waals surface area contributed by atoms with Gasteiger partial charge in [-0.2, -0.15) is 0 Å². The van der Waals surface area contributed by atoms with Gasteiger partial charge in [0.1, 0.15) is 17.4 Å². The first-order valence-corrected chi connectivity index (χ1v) is 14.2. The Labute approximate surface area is 242 Å². The maximum absolute atomic E-state index is 14.6. The highest BCUT2D eigenvalue weighted by atomic mass is 32.1. The summed E-state index contributed by atoms with van der Waals surface area (Å²) in [7, 11) is 2.65. The molecule has 2 N–H and O–H groups in total. The number of ether oxygens (including phenoxy) is 3. The molecule has 0 aliphatic carbocycles. The van der Waals surface area contributed by atoms with Crippen molar-refractivity contribution in [3.8, 4) is 17.0 Å². The highest BCUT2D eigenvalue weighted by Crippen LogP contribution is 2.35. The molecule has 0 atom stereocenters. The fourth-order valence-electron chi connectivity index (χ4n) is 4.13. The highest BCUT2D eigenvalue weighted by molar-refractivity contribution is 7.14. The van der Waals surface area contributed by atoms with Crippen LogP contribution in [0.1, 0.15) is 60.5 Å². The lowest BCUT2D eigenvalue weighted by Crippen LogP contribution is -2.13. The Hall–Kier alpha value is -3.83. The number of carboxylic acids is 1. The predicted octanol–water partition coefficient (Wildman–Crippen LogP) is 6.95. The van der Waals surface area contributed by atoms with Crippen LogP contribution >= 0.6 is 11.3 Å². The maximum atomic E-state index is 14.6. The third kappa shape index (κ3) is 8.83. The van der Waals surface area contributed by atoms with Crippen molar-refractivity contribution < 1.29 is 37.7 Å². The van der Waals surface area contributed by atoms with E-state index in [2.05, 4.69) is 22.0 Å². The zero-order valence-electron chi connectivity index (χ0n) is 23.3. The van der Waals surface area contributed by atoms with Gasteiger partial charge in [0, 0.05) is 34.8 Å². The van der Waals surface area contributed by atoms with Gasteiger partial charge >= 0.3 is 5.97 Å². The number of halogens is 2. The molecule has 11 heteroatoms. The van der Waals surface area contributed by atoms with E-state index >= 15 is 0 Å². The second-order valence-electron chi connectivity index (χ2n) is 9.14. The molecular formula is C30H34F2N2O6S. The lowest BCUT2D eigenvalue weighted by molar-refractivity contribution is -0.135. The minimum Gasteiger partial charge on any atom is -0.496 e. The molecule has 1 aromatic heterocycles. The van der Waals surface area contributed by atoms with Gasteiger partial charge in [-0.1, -0.05) is 44.7 Å². The number of unbranched alkanes of at least 4 members (excludes halogenated alkanes) is 4. The summed E-state index contributed by atoms with van der Waals surface area (Å²) >= 11 is 1.15. The number of aromatic nitrogens is 1. The Bertz CT molecular complexity index is 1350. The molecule has 220 valence electrons. The zero-order chi connectivity index (χ0) is 29.8. The van der Waals surface area contributed by atoms with Crippen LogP contribution in [0.2, 0.25) is 0 Å². The van der Waals surface area contributed by atoms with Crippen LogP contribution in [0, 0.1) is 11.6 Å². The van der Waals surface area contributed by atoms with Gasteiger partial charge in [0.15, 0.2) is 5.13 Å². The van der Waals surface area contributed by atoms with Crippen LogP contribution < -0.4 is 10.1 Å². The highest BCUT2D eigenvalue weighted by Gasteiger charge is 2.19. The Balaban J connectivity index is 1.68. The molecule has 3 rings (SSSR count). The number of thiazole rings is 1. The molecule has 0 radical (unpaired) electrons. The molecule has 0 spiro atoms. The second kappa shape index (κ2) is 15.8. The third-order valence-corrected chi connectivity index (χ3v) is 7.01. The van der Waals surface area contributed by atoms with Crippen molar-refractivity contribution in [2.45, 2.75) is 45.4 Å². The van der Waals surface area contributed by atoms with Crippen molar-refractivity contribution >= 4 is 34.4 Å². The normalized spacial score (nSPS) is 11.4. The number of nitrogens with zero attached hydrogens (tertiary/aromatic N) is 1. The van der Waals surface area contributed by atoms with E-state index in [9.17, 15) is 18.4 Å². The van der Waals surface area contributed by atoms with Gasteiger partial charge in [-0.3, -0.25) is 10.1 Å². The van der Waals surface area contributed by atoms with E-state index in [-0.39, 0.29) is 10.7 Å². The molecule has 0 saturated heterocycles. The first-order chi connectivity index (χ1) is 19.8. The van der Waals surface area contributed by atoms with Crippen LogP contribution in [0.5, 0.6) is 5.75 Å². The number of carbonyl (C=O) groups is 2. The maximum Gasteiger partial charge on any atom is 0.371 e. The number of carboxylic acid groups (broad SMARTS) is 1. The fraction of sp³-hybridized carbons (Fsp3) is 0.367. The third-order valence-electron chi connectivity index (χ3n) is 6.26. The van der Waals surface area contributed by atoms with Crippen LogP contribution in [0.4, 0.5) is 13.9 Å². The van der Waals surface area contributed by atoms with E-state index in [1.54, 1.807) is 12.5 Å². The molecule has 3 aromatic rings. The number of benzene rings is 2. The zero-order valence-corrected chi connectivity index (χ0v) is 24.1. The molecule has 0 saturated carbocycles. The molecule has 0 fully saturated rings. The molecule has 1 amide bonds.